The lowest BCUT2D eigenvalue weighted by atomic mass is 10.1. The Morgan fingerprint density at radius 2 is 2.06 bits per heavy atom. The van der Waals surface area contributed by atoms with Crippen molar-refractivity contribution in [3.63, 3.8) is 0 Å². The second kappa shape index (κ2) is 5.58. The predicted molar refractivity (Wildman–Crippen MR) is 63.0 cm³/mol. The van der Waals surface area contributed by atoms with Gasteiger partial charge in [0.05, 0.1) is 12.2 Å². The first kappa shape index (κ1) is 12.5. The van der Waals surface area contributed by atoms with Gasteiger partial charge in [0.15, 0.2) is 0 Å². The van der Waals surface area contributed by atoms with Crippen LogP contribution in [0.1, 0.15) is 24.5 Å². The summed E-state index contributed by atoms with van der Waals surface area (Å²) in [6, 6.07) is 5.93. The lowest BCUT2D eigenvalue weighted by molar-refractivity contribution is 0.132. The van der Waals surface area contributed by atoms with Crippen LogP contribution in [0.4, 0.5) is 4.39 Å². The molecule has 4 heteroatoms. The minimum Gasteiger partial charge on any atom is -0.392 e. The molecule has 0 radical (unpaired) electrons. The molecule has 1 aromatic carbocycles. The summed E-state index contributed by atoms with van der Waals surface area (Å²) in [6.45, 7) is 0.810. The summed E-state index contributed by atoms with van der Waals surface area (Å²) in [4.78, 5) is 0. The summed E-state index contributed by atoms with van der Waals surface area (Å²) in [5.74, 6) is 0.0772. The maximum absolute atomic E-state index is 12.9. The first-order chi connectivity index (χ1) is 8.16. The van der Waals surface area contributed by atoms with Gasteiger partial charge >= 0.3 is 0 Å². The Balaban J connectivity index is 1.74. The molecule has 17 heavy (non-hydrogen) atoms. The Labute approximate surface area is 100 Å². The van der Waals surface area contributed by atoms with Crippen LogP contribution in [0, 0.1) is 11.7 Å². The van der Waals surface area contributed by atoms with E-state index in [0.29, 0.717) is 24.6 Å². The summed E-state index contributed by atoms with van der Waals surface area (Å²) in [7, 11) is 0. The largest absolute Gasteiger partial charge is 0.392 e. The minimum absolute atomic E-state index is 0.324. The zero-order valence-electron chi connectivity index (χ0n) is 9.64. The monoisotopic (exact) mass is 239 g/mol. The number of nitrogens with one attached hydrogen (secondary N) is 1. The highest BCUT2D eigenvalue weighted by atomic mass is 19.1. The smallest absolute Gasteiger partial charge is 0.123 e. The van der Waals surface area contributed by atoms with E-state index in [-0.39, 0.29) is 11.9 Å². The lowest BCUT2D eigenvalue weighted by Gasteiger charge is -2.14. The molecule has 94 valence electrons. The number of aliphatic hydroxyl groups excluding tert-OH is 2. The molecule has 1 aromatic rings. The second-order valence-electron chi connectivity index (χ2n) is 4.63. The molecule has 3 N–H and O–H groups in total. The molecule has 0 aliphatic heterocycles. The van der Waals surface area contributed by atoms with Crippen LogP contribution in [-0.4, -0.2) is 29.4 Å². The average Bonchev–Trinajstić information content (AvgIpc) is 3.12. The standard InChI is InChI=1S/C13H18FNO2/c14-11-3-1-2-10(6-11)13(17)8-15-7-12(16)9-4-5-9/h1-3,6,9,12-13,15-17H,4-5,7-8H2. The van der Waals surface area contributed by atoms with Crippen molar-refractivity contribution in [2.75, 3.05) is 13.1 Å². The van der Waals surface area contributed by atoms with E-state index in [1.807, 2.05) is 0 Å². The van der Waals surface area contributed by atoms with Gasteiger partial charge in [-0.05, 0) is 36.5 Å². The van der Waals surface area contributed by atoms with Crippen LogP contribution in [0.25, 0.3) is 0 Å². The van der Waals surface area contributed by atoms with Gasteiger partial charge in [0.1, 0.15) is 5.82 Å². The van der Waals surface area contributed by atoms with Gasteiger partial charge in [0.2, 0.25) is 0 Å². The fraction of sp³-hybridized carbons (Fsp3) is 0.538. The predicted octanol–water partition coefficient (Wildman–Crippen LogP) is 1.22. The molecule has 1 aliphatic rings. The molecule has 1 aliphatic carbocycles. The third-order valence-electron chi connectivity index (χ3n) is 3.09. The highest BCUT2D eigenvalue weighted by Crippen LogP contribution is 2.32. The third-order valence-corrected chi connectivity index (χ3v) is 3.09. The molecule has 0 heterocycles. The molecule has 2 atom stereocenters. The maximum atomic E-state index is 12.9. The molecule has 2 rings (SSSR count). The van der Waals surface area contributed by atoms with E-state index < -0.39 is 6.10 Å². The number of benzene rings is 1. The van der Waals surface area contributed by atoms with Gasteiger partial charge in [0, 0.05) is 13.1 Å². The van der Waals surface area contributed by atoms with Crippen molar-refractivity contribution in [3.8, 4) is 0 Å². The second-order valence-corrected chi connectivity index (χ2v) is 4.63. The summed E-state index contributed by atoms with van der Waals surface area (Å²) >= 11 is 0. The van der Waals surface area contributed by atoms with Gasteiger partial charge in [-0.1, -0.05) is 12.1 Å². The first-order valence-electron chi connectivity index (χ1n) is 5.99. The summed E-state index contributed by atoms with van der Waals surface area (Å²) in [5, 5.41) is 22.4. The van der Waals surface area contributed by atoms with Gasteiger partial charge < -0.3 is 15.5 Å². The quantitative estimate of drug-likeness (QED) is 0.699. The van der Waals surface area contributed by atoms with Crippen molar-refractivity contribution in [2.45, 2.75) is 25.0 Å². The molecule has 0 aromatic heterocycles. The number of rotatable bonds is 6. The lowest BCUT2D eigenvalue weighted by Crippen LogP contribution is -2.31. The van der Waals surface area contributed by atoms with Crippen LogP contribution in [-0.2, 0) is 0 Å². The van der Waals surface area contributed by atoms with Gasteiger partial charge in [-0.25, -0.2) is 4.39 Å². The van der Waals surface area contributed by atoms with Gasteiger partial charge in [-0.2, -0.15) is 0 Å². The van der Waals surface area contributed by atoms with Crippen LogP contribution in [0.15, 0.2) is 24.3 Å². The van der Waals surface area contributed by atoms with Crippen molar-refractivity contribution in [1.29, 1.82) is 0 Å². The van der Waals surface area contributed by atoms with Crippen LogP contribution in [0.2, 0.25) is 0 Å². The number of halogens is 1. The van der Waals surface area contributed by atoms with Gasteiger partial charge in [0.25, 0.3) is 0 Å². The molecular weight excluding hydrogens is 221 g/mol. The van der Waals surface area contributed by atoms with Crippen molar-refractivity contribution < 1.29 is 14.6 Å². The van der Waals surface area contributed by atoms with Crippen molar-refractivity contribution in [1.82, 2.24) is 5.32 Å². The number of hydrogen-bond acceptors (Lipinski definition) is 3. The molecule has 2 unspecified atom stereocenters. The van der Waals surface area contributed by atoms with E-state index in [2.05, 4.69) is 5.32 Å². The fourth-order valence-corrected chi connectivity index (χ4v) is 1.85. The zero-order chi connectivity index (χ0) is 12.3. The average molecular weight is 239 g/mol. The minimum atomic E-state index is -0.739. The van der Waals surface area contributed by atoms with Crippen LogP contribution in [0.3, 0.4) is 0 Å². The van der Waals surface area contributed by atoms with Crippen LogP contribution < -0.4 is 5.32 Å². The zero-order valence-corrected chi connectivity index (χ0v) is 9.64. The molecule has 0 saturated heterocycles. The van der Waals surface area contributed by atoms with E-state index in [1.54, 1.807) is 12.1 Å². The van der Waals surface area contributed by atoms with E-state index in [4.69, 9.17) is 0 Å². The molecule has 1 saturated carbocycles. The highest BCUT2D eigenvalue weighted by Gasteiger charge is 2.29. The van der Waals surface area contributed by atoms with Crippen LogP contribution in [0.5, 0.6) is 0 Å². The molecule has 0 spiro atoms. The third kappa shape index (κ3) is 3.77. The molecule has 0 bridgehead atoms. The summed E-state index contributed by atoms with van der Waals surface area (Å²) in [5.41, 5.74) is 0.554. The number of hydrogen-bond donors (Lipinski definition) is 3. The Hall–Kier alpha value is -0.970. The fourth-order valence-electron chi connectivity index (χ4n) is 1.85. The normalized spacial score (nSPS) is 19.0. The summed E-state index contributed by atoms with van der Waals surface area (Å²) < 4.78 is 12.9. The molecular formula is C13H18FNO2. The van der Waals surface area contributed by atoms with Gasteiger partial charge in [-0.3, -0.25) is 0 Å². The Morgan fingerprint density at radius 3 is 2.71 bits per heavy atom. The van der Waals surface area contributed by atoms with E-state index in [9.17, 15) is 14.6 Å². The first-order valence-corrected chi connectivity index (χ1v) is 5.99. The van der Waals surface area contributed by atoms with Crippen LogP contribution >= 0.6 is 0 Å². The van der Waals surface area contributed by atoms with Crippen molar-refractivity contribution >= 4 is 0 Å². The highest BCUT2D eigenvalue weighted by molar-refractivity contribution is 5.18. The Kier molecular flexibility index (Phi) is 4.10. The number of aliphatic hydroxyl groups is 2. The maximum Gasteiger partial charge on any atom is 0.123 e. The van der Waals surface area contributed by atoms with E-state index in [0.717, 1.165) is 12.8 Å². The van der Waals surface area contributed by atoms with E-state index in [1.165, 1.54) is 12.1 Å². The molecule has 0 amide bonds. The van der Waals surface area contributed by atoms with Crippen molar-refractivity contribution in [3.05, 3.63) is 35.6 Å². The van der Waals surface area contributed by atoms with E-state index >= 15 is 0 Å². The molecule has 1 fully saturated rings. The van der Waals surface area contributed by atoms with Crippen molar-refractivity contribution in [2.24, 2.45) is 5.92 Å². The Morgan fingerprint density at radius 1 is 1.29 bits per heavy atom. The molecule has 3 nitrogen and oxygen atoms in total. The SMILES string of the molecule is OC(CNCC(O)C1CC1)c1cccc(F)c1. The van der Waals surface area contributed by atoms with Gasteiger partial charge in [-0.15, -0.1) is 0 Å². The topological polar surface area (TPSA) is 52.5 Å². The summed E-state index contributed by atoms with van der Waals surface area (Å²) in [6.07, 6.45) is 1.12. The Bertz CT molecular complexity index is 368.